The van der Waals surface area contributed by atoms with Gasteiger partial charge >= 0.3 is 5.97 Å². The number of esters is 1. The number of hydrogen-bond acceptors (Lipinski definition) is 5. The maximum Gasteiger partial charge on any atom is 0.310 e. The standard InChI is InChI=1S/C32H40N2O3/c1-23-10-9-15-31(2)21-29-26(20-28(23)31)27(30(35)37-29)22-33-16-18-34(19-17-33)32(36,24-11-5-3-6-12-24)25-13-7-4-8-14-25/h3-8,11-14,26-29,36H,1,9-10,15-22H2,2H3/t26-,27-,28-,29+,31+/m0/s1. The zero-order chi connectivity index (χ0) is 25.6. The molecule has 2 aliphatic heterocycles. The third-order valence-electron chi connectivity index (χ3n) is 9.96. The molecule has 0 spiro atoms. The number of hydrogen-bond donors (Lipinski definition) is 1. The van der Waals surface area contributed by atoms with E-state index >= 15 is 0 Å². The summed E-state index contributed by atoms with van der Waals surface area (Å²) in [6.45, 7) is 10.7. The molecular weight excluding hydrogens is 460 g/mol. The first-order valence-corrected chi connectivity index (χ1v) is 14.1. The van der Waals surface area contributed by atoms with E-state index in [1.54, 1.807) is 0 Å². The molecule has 2 aromatic rings. The van der Waals surface area contributed by atoms with E-state index in [9.17, 15) is 9.90 Å². The second kappa shape index (κ2) is 9.68. The molecule has 2 heterocycles. The van der Waals surface area contributed by atoms with E-state index in [1.807, 2.05) is 60.7 Å². The summed E-state index contributed by atoms with van der Waals surface area (Å²) in [6.07, 6.45) is 5.65. The van der Waals surface area contributed by atoms with Crippen LogP contribution in [0.15, 0.2) is 72.8 Å². The smallest absolute Gasteiger partial charge is 0.310 e. The van der Waals surface area contributed by atoms with Gasteiger partial charge in [0.1, 0.15) is 6.10 Å². The summed E-state index contributed by atoms with van der Waals surface area (Å²) >= 11 is 0. The van der Waals surface area contributed by atoms with E-state index in [0.29, 0.717) is 11.8 Å². The van der Waals surface area contributed by atoms with Gasteiger partial charge in [-0.2, -0.15) is 0 Å². The van der Waals surface area contributed by atoms with Crippen molar-refractivity contribution >= 4 is 5.97 Å². The number of piperazine rings is 1. The number of allylic oxidation sites excluding steroid dienone is 1. The van der Waals surface area contributed by atoms with Crippen LogP contribution < -0.4 is 0 Å². The number of aliphatic hydroxyl groups is 1. The van der Waals surface area contributed by atoms with Crippen molar-refractivity contribution in [1.82, 2.24) is 9.80 Å². The van der Waals surface area contributed by atoms with E-state index in [4.69, 9.17) is 4.74 Å². The van der Waals surface area contributed by atoms with Gasteiger partial charge in [0.2, 0.25) is 0 Å². The summed E-state index contributed by atoms with van der Waals surface area (Å²) in [5, 5.41) is 12.1. The fourth-order valence-corrected chi connectivity index (χ4v) is 7.87. The van der Waals surface area contributed by atoms with Crippen molar-refractivity contribution in [2.24, 2.45) is 23.2 Å². The first-order chi connectivity index (χ1) is 17.9. The van der Waals surface area contributed by atoms with Gasteiger partial charge in [-0.3, -0.25) is 14.6 Å². The molecule has 5 nitrogen and oxygen atoms in total. The highest BCUT2D eigenvalue weighted by atomic mass is 16.6. The van der Waals surface area contributed by atoms with E-state index in [0.717, 1.165) is 63.1 Å². The van der Waals surface area contributed by atoms with Crippen molar-refractivity contribution in [2.45, 2.75) is 50.9 Å². The predicted molar refractivity (Wildman–Crippen MR) is 145 cm³/mol. The maximum absolute atomic E-state index is 13.1. The molecule has 196 valence electrons. The Kier molecular flexibility index (Phi) is 6.50. The van der Waals surface area contributed by atoms with Crippen LogP contribution in [-0.4, -0.2) is 59.7 Å². The van der Waals surface area contributed by atoms with E-state index < -0.39 is 5.72 Å². The van der Waals surface area contributed by atoms with Crippen molar-refractivity contribution in [3.8, 4) is 0 Å². The second-order valence-corrected chi connectivity index (χ2v) is 12.1. The third kappa shape index (κ3) is 4.35. The van der Waals surface area contributed by atoms with Crippen LogP contribution in [0.1, 0.15) is 50.2 Å². The first-order valence-electron chi connectivity index (χ1n) is 14.1. The van der Waals surface area contributed by atoms with Crippen molar-refractivity contribution in [3.63, 3.8) is 0 Å². The molecular formula is C32H40N2O3. The van der Waals surface area contributed by atoms with Gasteiger partial charge in [0.25, 0.3) is 0 Å². The number of fused-ring (bicyclic) bond motifs is 2. The summed E-state index contributed by atoms with van der Waals surface area (Å²) in [5.41, 5.74) is 2.21. The molecule has 6 rings (SSSR count). The highest BCUT2D eigenvalue weighted by Crippen LogP contribution is 2.57. The highest BCUT2D eigenvalue weighted by Gasteiger charge is 2.55. The Balaban J connectivity index is 1.15. The minimum atomic E-state index is -1.18. The third-order valence-corrected chi connectivity index (χ3v) is 9.96. The van der Waals surface area contributed by atoms with Gasteiger partial charge in [0.05, 0.1) is 5.92 Å². The molecule has 37 heavy (non-hydrogen) atoms. The van der Waals surface area contributed by atoms with Crippen molar-refractivity contribution in [1.29, 1.82) is 0 Å². The Morgan fingerprint density at radius 3 is 2.27 bits per heavy atom. The van der Waals surface area contributed by atoms with E-state index in [-0.39, 0.29) is 23.4 Å². The molecule has 2 saturated heterocycles. The minimum Gasteiger partial charge on any atom is -0.462 e. The quantitative estimate of drug-likeness (QED) is 0.472. The van der Waals surface area contributed by atoms with Gasteiger partial charge in [-0.1, -0.05) is 79.7 Å². The molecule has 2 aromatic carbocycles. The zero-order valence-corrected chi connectivity index (χ0v) is 22.0. The van der Waals surface area contributed by atoms with Crippen LogP contribution in [0.25, 0.3) is 0 Å². The predicted octanol–water partition coefficient (Wildman–Crippen LogP) is 4.81. The van der Waals surface area contributed by atoms with E-state index in [1.165, 1.54) is 18.4 Å². The van der Waals surface area contributed by atoms with Crippen LogP contribution in [0.5, 0.6) is 0 Å². The second-order valence-electron chi connectivity index (χ2n) is 12.1. The lowest BCUT2D eigenvalue weighted by Crippen LogP contribution is -2.57. The summed E-state index contributed by atoms with van der Waals surface area (Å²) in [6, 6.07) is 19.9. The summed E-state index contributed by atoms with van der Waals surface area (Å²) < 4.78 is 6.01. The van der Waals surface area contributed by atoms with Crippen LogP contribution in [0.3, 0.4) is 0 Å². The molecule has 4 fully saturated rings. The largest absolute Gasteiger partial charge is 0.462 e. The Morgan fingerprint density at radius 2 is 1.65 bits per heavy atom. The SMILES string of the molecule is C=C1CCC[C@]2(C)C[C@H]3OC(=O)[C@@H](CN4CCN(C(O)(c5ccccc5)c5ccccc5)CC4)[C@@H]3C[C@@H]12. The number of benzene rings is 2. The highest BCUT2D eigenvalue weighted by molar-refractivity contribution is 5.75. The first kappa shape index (κ1) is 24.8. The maximum atomic E-state index is 13.1. The number of nitrogens with zero attached hydrogens (tertiary/aromatic N) is 2. The van der Waals surface area contributed by atoms with Crippen molar-refractivity contribution in [3.05, 3.63) is 83.9 Å². The zero-order valence-electron chi connectivity index (χ0n) is 22.0. The van der Waals surface area contributed by atoms with Crippen LogP contribution in [0, 0.1) is 23.2 Å². The molecule has 4 aliphatic rings. The number of carbonyl (C=O) groups is 1. The van der Waals surface area contributed by atoms with Gasteiger partial charge < -0.3 is 9.84 Å². The van der Waals surface area contributed by atoms with Gasteiger partial charge in [0.15, 0.2) is 5.72 Å². The van der Waals surface area contributed by atoms with Crippen LogP contribution >= 0.6 is 0 Å². The van der Waals surface area contributed by atoms with Crippen LogP contribution in [0.2, 0.25) is 0 Å². The molecule has 1 N–H and O–H groups in total. The monoisotopic (exact) mass is 500 g/mol. The van der Waals surface area contributed by atoms with Crippen molar-refractivity contribution < 1.29 is 14.6 Å². The Hall–Kier alpha value is -2.47. The van der Waals surface area contributed by atoms with E-state index in [2.05, 4.69) is 23.3 Å². The molecule has 0 bridgehead atoms. The fourth-order valence-electron chi connectivity index (χ4n) is 7.87. The van der Waals surface area contributed by atoms with Gasteiger partial charge in [-0.05, 0) is 43.4 Å². The van der Waals surface area contributed by atoms with Crippen molar-refractivity contribution in [2.75, 3.05) is 32.7 Å². The van der Waals surface area contributed by atoms with Crippen LogP contribution in [-0.2, 0) is 15.3 Å². The molecule has 2 aliphatic carbocycles. The Morgan fingerprint density at radius 1 is 1.03 bits per heavy atom. The van der Waals surface area contributed by atoms with Gasteiger partial charge in [0, 0.05) is 49.8 Å². The Bertz CT molecular complexity index is 1090. The van der Waals surface area contributed by atoms with Crippen LogP contribution in [0.4, 0.5) is 0 Å². The lowest BCUT2D eigenvalue weighted by atomic mass is 9.55. The lowest BCUT2D eigenvalue weighted by Gasteiger charge is -2.50. The topological polar surface area (TPSA) is 53.0 Å². The average molecular weight is 501 g/mol. The summed E-state index contributed by atoms with van der Waals surface area (Å²) in [7, 11) is 0. The molecule has 2 saturated carbocycles. The number of carbonyl (C=O) groups excluding carboxylic acids is 1. The molecule has 5 atom stereocenters. The molecule has 0 amide bonds. The lowest BCUT2D eigenvalue weighted by molar-refractivity contribution is -0.146. The Labute approximate surface area is 221 Å². The summed E-state index contributed by atoms with van der Waals surface area (Å²) in [5.74, 6) is 0.750. The van der Waals surface area contributed by atoms with Gasteiger partial charge in [-0.25, -0.2) is 0 Å². The molecule has 0 unspecified atom stereocenters. The molecule has 0 aromatic heterocycles. The van der Waals surface area contributed by atoms with Gasteiger partial charge in [-0.15, -0.1) is 0 Å². The number of rotatable bonds is 5. The normalized spacial score (nSPS) is 33.0. The minimum absolute atomic E-state index is 0.00429. The molecule has 5 heteroatoms. The molecule has 0 radical (unpaired) electrons. The fraction of sp³-hybridized carbons (Fsp3) is 0.531. The number of ether oxygens (including phenoxy) is 1. The summed E-state index contributed by atoms with van der Waals surface area (Å²) in [4.78, 5) is 17.7. The average Bonchev–Trinajstić information content (AvgIpc) is 3.21.